The van der Waals surface area contributed by atoms with Crippen LogP contribution in [0.3, 0.4) is 0 Å². The van der Waals surface area contributed by atoms with Crippen molar-refractivity contribution in [1.29, 1.82) is 0 Å². The van der Waals surface area contributed by atoms with Gasteiger partial charge in [0, 0.05) is 23.7 Å². The molecule has 0 aliphatic heterocycles. The standard InChI is InChI=1S/C15H18N4OS3/c1-2-8-17-14-18-19-15(23-14)22-11-13(20)16-9-10-21-12-6-4-3-5-7-12/h2-7H,1,8-11H2,(H,16,20)(H,17,18). The number of carbonyl (C=O) groups excluding carboxylic acids is 1. The third-order valence-electron chi connectivity index (χ3n) is 2.57. The van der Waals surface area contributed by atoms with Crippen LogP contribution in [0.15, 0.2) is 52.2 Å². The first-order valence-electron chi connectivity index (χ1n) is 7.03. The van der Waals surface area contributed by atoms with Crippen molar-refractivity contribution in [1.82, 2.24) is 15.5 Å². The van der Waals surface area contributed by atoms with Crippen molar-refractivity contribution in [2.24, 2.45) is 0 Å². The van der Waals surface area contributed by atoms with E-state index >= 15 is 0 Å². The van der Waals surface area contributed by atoms with Crippen molar-refractivity contribution in [3.8, 4) is 0 Å². The van der Waals surface area contributed by atoms with Crippen LogP contribution in [0.2, 0.25) is 0 Å². The van der Waals surface area contributed by atoms with Crippen molar-refractivity contribution in [3.05, 3.63) is 43.0 Å². The van der Waals surface area contributed by atoms with Gasteiger partial charge in [-0.15, -0.1) is 28.5 Å². The maximum absolute atomic E-state index is 11.8. The van der Waals surface area contributed by atoms with Gasteiger partial charge in [0.2, 0.25) is 11.0 Å². The Bertz CT molecular complexity index is 618. The molecule has 0 spiro atoms. The SMILES string of the molecule is C=CCNc1nnc(SCC(=O)NCCSc2ccccc2)s1. The number of rotatable bonds is 10. The number of carbonyl (C=O) groups is 1. The highest BCUT2D eigenvalue weighted by molar-refractivity contribution is 8.01. The summed E-state index contributed by atoms with van der Waals surface area (Å²) in [4.78, 5) is 13.0. The van der Waals surface area contributed by atoms with Crippen LogP contribution in [-0.2, 0) is 4.79 Å². The first kappa shape index (κ1) is 17.8. The van der Waals surface area contributed by atoms with E-state index in [1.54, 1.807) is 17.8 Å². The van der Waals surface area contributed by atoms with E-state index in [4.69, 9.17) is 0 Å². The summed E-state index contributed by atoms with van der Waals surface area (Å²) in [5.41, 5.74) is 0. The maximum atomic E-state index is 11.8. The molecule has 0 saturated heterocycles. The van der Waals surface area contributed by atoms with Gasteiger partial charge in [0.05, 0.1) is 5.75 Å². The average molecular weight is 367 g/mol. The van der Waals surface area contributed by atoms with Gasteiger partial charge in [-0.3, -0.25) is 4.79 Å². The number of aromatic nitrogens is 2. The molecule has 0 fully saturated rings. The molecular weight excluding hydrogens is 348 g/mol. The number of nitrogens with one attached hydrogen (secondary N) is 2. The third-order valence-corrected chi connectivity index (χ3v) is 5.60. The smallest absolute Gasteiger partial charge is 0.230 e. The number of nitrogens with zero attached hydrogens (tertiary/aromatic N) is 2. The lowest BCUT2D eigenvalue weighted by molar-refractivity contribution is -0.118. The predicted octanol–water partition coefficient (Wildman–Crippen LogP) is 3.14. The van der Waals surface area contributed by atoms with Crippen molar-refractivity contribution >= 4 is 45.9 Å². The average Bonchev–Trinajstić information content (AvgIpc) is 3.04. The van der Waals surface area contributed by atoms with E-state index in [-0.39, 0.29) is 5.91 Å². The fourth-order valence-electron chi connectivity index (χ4n) is 1.55. The van der Waals surface area contributed by atoms with Gasteiger partial charge in [-0.25, -0.2) is 0 Å². The largest absolute Gasteiger partial charge is 0.357 e. The molecule has 0 saturated carbocycles. The molecule has 0 aliphatic carbocycles. The second kappa shape index (κ2) is 10.3. The van der Waals surface area contributed by atoms with Gasteiger partial charge in [0.15, 0.2) is 4.34 Å². The molecule has 23 heavy (non-hydrogen) atoms. The molecule has 5 nitrogen and oxygen atoms in total. The first-order valence-corrected chi connectivity index (χ1v) is 9.82. The van der Waals surface area contributed by atoms with E-state index in [9.17, 15) is 4.79 Å². The van der Waals surface area contributed by atoms with Gasteiger partial charge < -0.3 is 10.6 Å². The van der Waals surface area contributed by atoms with Crippen LogP contribution in [0.4, 0.5) is 5.13 Å². The van der Waals surface area contributed by atoms with E-state index in [0.717, 1.165) is 15.2 Å². The van der Waals surface area contributed by atoms with Crippen LogP contribution in [0, 0.1) is 0 Å². The van der Waals surface area contributed by atoms with E-state index in [0.29, 0.717) is 18.8 Å². The zero-order valence-corrected chi connectivity index (χ0v) is 15.0. The van der Waals surface area contributed by atoms with Gasteiger partial charge in [0.1, 0.15) is 0 Å². The van der Waals surface area contributed by atoms with E-state index in [1.165, 1.54) is 28.0 Å². The maximum Gasteiger partial charge on any atom is 0.230 e. The minimum absolute atomic E-state index is 0.0134. The molecule has 1 aromatic heterocycles. The van der Waals surface area contributed by atoms with Crippen LogP contribution in [0.25, 0.3) is 0 Å². The molecule has 2 aromatic rings. The quantitative estimate of drug-likeness (QED) is 0.383. The number of anilines is 1. The summed E-state index contributed by atoms with van der Waals surface area (Å²) in [5.74, 6) is 1.22. The molecule has 0 radical (unpaired) electrons. The second-order valence-corrected chi connectivity index (χ2v) is 7.71. The van der Waals surface area contributed by atoms with Gasteiger partial charge in [0.25, 0.3) is 0 Å². The summed E-state index contributed by atoms with van der Waals surface area (Å²) in [5, 5.41) is 14.7. The molecule has 0 bridgehead atoms. The Kier molecular flexibility index (Phi) is 7.99. The predicted molar refractivity (Wildman–Crippen MR) is 99.5 cm³/mol. The fourth-order valence-corrected chi connectivity index (χ4v) is 3.93. The Morgan fingerprint density at radius 3 is 2.87 bits per heavy atom. The van der Waals surface area contributed by atoms with Crippen LogP contribution in [0.5, 0.6) is 0 Å². The zero-order valence-electron chi connectivity index (χ0n) is 12.5. The monoisotopic (exact) mass is 366 g/mol. The number of hydrogen-bond donors (Lipinski definition) is 2. The normalized spacial score (nSPS) is 10.3. The number of hydrogen-bond acceptors (Lipinski definition) is 7. The van der Waals surface area contributed by atoms with Gasteiger partial charge in [-0.1, -0.05) is 47.4 Å². The molecule has 1 amide bonds. The summed E-state index contributed by atoms with van der Waals surface area (Å²) in [6.45, 7) is 4.94. The summed E-state index contributed by atoms with van der Waals surface area (Å²) < 4.78 is 0.783. The highest BCUT2D eigenvalue weighted by Gasteiger charge is 2.07. The van der Waals surface area contributed by atoms with Crippen LogP contribution in [-0.4, -0.2) is 40.7 Å². The molecule has 122 valence electrons. The number of benzene rings is 1. The molecule has 2 N–H and O–H groups in total. The van der Waals surface area contributed by atoms with Crippen molar-refractivity contribution in [3.63, 3.8) is 0 Å². The van der Waals surface area contributed by atoms with Crippen LogP contribution in [0.1, 0.15) is 0 Å². The van der Waals surface area contributed by atoms with Gasteiger partial charge in [-0.05, 0) is 12.1 Å². The second-order valence-electron chi connectivity index (χ2n) is 4.34. The van der Waals surface area contributed by atoms with E-state index in [2.05, 4.69) is 39.5 Å². The minimum atomic E-state index is 0.0134. The summed E-state index contributed by atoms with van der Waals surface area (Å²) >= 11 is 4.57. The Morgan fingerprint density at radius 1 is 1.26 bits per heavy atom. The van der Waals surface area contributed by atoms with Gasteiger partial charge in [-0.2, -0.15) is 0 Å². The lowest BCUT2D eigenvalue weighted by atomic mass is 10.4. The molecule has 8 heteroatoms. The highest BCUT2D eigenvalue weighted by atomic mass is 32.2. The highest BCUT2D eigenvalue weighted by Crippen LogP contribution is 2.25. The summed E-state index contributed by atoms with van der Waals surface area (Å²) in [6.07, 6.45) is 1.76. The summed E-state index contributed by atoms with van der Waals surface area (Å²) in [6, 6.07) is 10.1. The van der Waals surface area contributed by atoms with Crippen LogP contribution < -0.4 is 10.6 Å². The lowest BCUT2D eigenvalue weighted by Crippen LogP contribution is -2.27. The van der Waals surface area contributed by atoms with Crippen molar-refractivity contribution < 1.29 is 4.79 Å². The molecule has 2 rings (SSSR count). The topological polar surface area (TPSA) is 66.9 Å². The third kappa shape index (κ3) is 7.06. The minimum Gasteiger partial charge on any atom is -0.357 e. The Morgan fingerprint density at radius 2 is 2.09 bits per heavy atom. The Labute approximate surface area is 148 Å². The zero-order chi connectivity index (χ0) is 16.3. The van der Waals surface area contributed by atoms with Crippen LogP contribution >= 0.6 is 34.9 Å². The van der Waals surface area contributed by atoms with E-state index < -0.39 is 0 Å². The van der Waals surface area contributed by atoms with Crippen molar-refractivity contribution in [2.75, 3.05) is 29.9 Å². The first-order chi connectivity index (χ1) is 11.3. The molecule has 1 aromatic carbocycles. The molecule has 1 heterocycles. The molecular formula is C15H18N4OS3. The molecule has 0 unspecified atom stereocenters. The Hall–Kier alpha value is -1.51. The number of amides is 1. The van der Waals surface area contributed by atoms with Crippen molar-refractivity contribution in [2.45, 2.75) is 9.24 Å². The Balaban J connectivity index is 1.59. The molecule has 0 aliphatic rings. The fraction of sp³-hybridized carbons (Fsp3) is 0.267. The van der Waals surface area contributed by atoms with E-state index in [1.807, 2.05) is 18.2 Å². The van der Waals surface area contributed by atoms with Gasteiger partial charge >= 0.3 is 0 Å². The lowest BCUT2D eigenvalue weighted by Gasteiger charge is -2.04. The number of thioether (sulfide) groups is 2. The summed E-state index contributed by atoms with van der Waals surface area (Å²) in [7, 11) is 0. The molecule has 0 atom stereocenters.